The second-order valence-electron chi connectivity index (χ2n) is 5.37. The fraction of sp³-hybridized carbons (Fsp3) is 0.176. The van der Waals surface area contributed by atoms with Crippen LogP contribution in [0.3, 0.4) is 0 Å². The molecule has 3 aromatic rings. The number of pyridine rings is 2. The van der Waals surface area contributed by atoms with E-state index in [4.69, 9.17) is 11.6 Å². The molecule has 5 heteroatoms. The summed E-state index contributed by atoms with van der Waals surface area (Å²) in [4.78, 5) is 17.2. The Morgan fingerprint density at radius 2 is 2.14 bits per heavy atom. The molecule has 1 aliphatic heterocycles. The van der Waals surface area contributed by atoms with Crippen molar-refractivity contribution < 1.29 is 0 Å². The Hall–Kier alpha value is -2.17. The van der Waals surface area contributed by atoms with Gasteiger partial charge >= 0.3 is 0 Å². The molecule has 0 spiro atoms. The molecular formula is C17H14ClN3O. The van der Waals surface area contributed by atoms with Crippen LogP contribution in [0.1, 0.15) is 11.3 Å². The Balaban J connectivity index is 2.16. The zero-order chi connectivity index (χ0) is 15.1. The summed E-state index contributed by atoms with van der Waals surface area (Å²) in [5, 5.41) is 4.59. The third-order valence-electron chi connectivity index (χ3n) is 4.04. The van der Waals surface area contributed by atoms with Crippen LogP contribution in [0.15, 0.2) is 47.4 Å². The average molecular weight is 312 g/mol. The topological polar surface area (TPSA) is 46.9 Å². The highest BCUT2D eigenvalue weighted by atomic mass is 35.5. The summed E-state index contributed by atoms with van der Waals surface area (Å²) < 4.78 is 2.07. The lowest BCUT2D eigenvalue weighted by atomic mass is 10.0. The molecule has 0 bridgehead atoms. The lowest BCUT2D eigenvalue weighted by Crippen LogP contribution is -2.32. The SMILES string of the molecule is O=c1c2c(n(-c3cccc(Cl)c3)c3ncccc13)CCNC2. The molecule has 0 aliphatic carbocycles. The van der Waals surface area contributed by atoms with Gasteiger partial charge in [0.05, 0.1) is 5.39 Å². The van der Waals surface area contributed by atoms with Crippen LogP contribution in [0.4, 0.5) is 0 Å². The van der Waals surface area contributed by atoms with E-state index in [0.29, 0.717) is 22.6 Å². The summed E-state index contributed by atoms with van der Waals surface area (Å²) in [6, 6.07) is 11.3. The molecule has 3 heterocycles. The van der Waals surface area contributed by atoms with Crippen molar-refractivity contribution in [3.63, 3.8) is 0 Å². The predicted molar refractivity (Wildman–Crippen MR) is 87.8 cm³/mol. The van der Waals surface area contributed by atoms with Gasteiger partial charge in [0.25, 0.3) is 0 Å². The van der Waals surface area contributed by atoms with Crippen LogP contribution in [-0.2, 0) is 13.0 Å². The van der Waals surface area contributed by atoms with Gasteiger partial charge in [-0.3, -0.25) is 9.36 Å². The molecule has 0 fully saturated rings. The molecule has 0 unspecified atom stereocenters. The maximum Gasteiger partial charge on any atom is 0.195 e. The van der Waals surface area contributed by atoms with E-state index in [1.54, 1.807) is 12.3 Å². The van der Waals surface area contributed by atoms with Crippen LogP contribution in [0.5, 0.6) is 0 Å². The van der Waals surface area contributed by atoms with Crippen LogP contribution in [-0.4, -0.2) is 16.1 Å². The first-order chi connectivity index (χ1) is 10.8. The maximum absolute atomic E-state index is 12.7. The number of halogens is 1. The smallest absolute Gasteiger partial charge is 0.195 e. The summed E-state index contributed by atoms with van der Waals surface area (Å²) in [6.45, 7) is 1.45. The zero-order valence-corrected chi connectivity index (χ0v) is 12.6. The van der Waals surface area contributed by atoms with E-state index in [2.05, 4.69) is 14.9 Å². The van der Waals surface area contributed by atoms with Gasteiger partial charge in [0, 0.05) is 47.7 Å². The Morgan fingerprint density at radius 1 is 1.23 bits per heavy atom. The monoisotopic (exact) mass is 311 g/mol. The Morgan fingerprint density at radius 3 is 3.00 bits per heavy atom. The first-order valence-corrected chi connectivity index (χ1v) is 7.61. The fourth-order valence-corrected chi connectivity index (χ4v) is 3.25. The second-order valence-corrected chi connectivity index (χ2v) is 5.81. The summed E-state index contributed by atoms with van der Waals surface area (Å²) in [5.41, 5.74) is 3.55. The maximum atomic E-state index is 12.7. The summed E-state index contributed by atoms with van der Waals surface area (Å²) in [6.07, 6.45) is 2.51. The van der Waals surface area contributed by atoms with Gasteiger partial charge in [0.2, 0.25) is 0 Å². The van der Waals surface area contributed by atoms with E-state index in [1.807, 2.05) is 30.3 Å². The van der Waals surface area contributed by atoms with Crippen molar-refractivity contribution in [1.29, 1.82) is 0 Å². The van der Waals surface area contributed by atoms with Crippen LogP contribution in [0.2, 0.25) is 5.02 Å². The van der Waals surface area contributed by atoms with Crippen molar-refractivity contribution in [2.75, 3.05) is 6.54 Å². The van der Waals surface area contributed by atoms with Gasteiger partial charge in [-0.1, -0.05) is 17.7 Å². The number of rotatable bonds is 1. The Bertz CT molecular complexity index is 933. The lowest BCUT2D eigenvalue weighted by molar-refractivity contribution is 0.617. The van der Waals surface area contributed by atoms with Crippen molar-refractivity contribution in [2.45, 2.75) is 13.0 Å². The molecular weight excluding hydrogens is 298 g/mol. The van der Waals surface area contributed by atoms with E-state index in [0.717, 1.165) is 29.9 Å². The van der Waals surface area contributed by atoms with Crippen LogP contribution >= 0.6 is 11.6 Å². The van der Waals surface area contributed by atoms with Gasteiger partial charge in [0.1, 0.15) is 5.65 Å². The standard InChI is InChI=1S/C17H14ClN3O/c18-11-3-1-4-12(9-11)21-15-6-8-19-10-14(15)16(22)13-5-2-7-20-17(13)21/h1-5,7,9,19H,6,8,10H2. The Kier molecular flexibility index (Phi) is 3.21. The minimum Gasteiger partial charge on any atom is -0.312 e. The summed E-state index contributed by atoms with van der Waals surface area (Å²) >= 11 is 6.15. The zero-order valence-electron chi connectivity index (χ0n) is 11.8. The van der Waals surface area contributed by atoms with E-state index >= 15 is 0 Å². The molecule has 1 aromatic carbocycles. The number of aromatic nitrogens is 2. The number of benzene rings is 1. The molecule has 22 heavy (non-hydrogen) atoms. The molecule has 1 aliphatic rings. The highest BCUT2D eigenvalue weighted by Gasteiger charge is 2.20. The summed E-state index contributed by atoms with van der Waals surface area (Å²) in [7, 11) is 0. The number of fused-ring (bicyclic) bond motifs is 2. The van der Waals surface area contributed by atoms with Crippen molar-refractivity contribution >= 4 is 22.6 Å². The van der Waals surface area contributed by atoms with Crippen molar-refractivity contribution in [3.05, 3.63) is 69.1 Å². The summed E-state index contributed by atoms with van der Waals surface area (Å²) in [5.74, 6) is 0. The fourth-order valence-electron chi connectivity index (χ4n) is 3.07. The number of hydrogen-bond acceptors (Lipinski definition) is 3. The second kappa shape index (κ2) is 5.23. The molecule has 0 saturated carbocycles. The minimum atomic E-state index is 0.0728. The first-order valence-electron chi connectivity index (χ1n) is 7.24. The molecule has 1 N–H and O–H groups in total. The molecule has 4 rings (SSSR count). The average Bonchev–Trinajstić information content (AvgIpc) is 2.55. The van der Waals surface area contributed by atoms with Crippen LogP contribution in [0.25, 0.3) is 16.7 Å². The highest BCUT2D eigenvalue weighted by Crippen LogP contribution is 2.24. The predicted octanol–water partition coefficient (Wildman–Crippen LogP) is 2.68. The molecule has 110 valence electrons. The quantitative estimate of drug-likeness (QED) is 0.751. The van der Waals surface area contributed by atoms with Crippen molar-refractivity contribution in [1.82, 2.24) is 14.9 Å². The molecule has 4 nitrogen and oxygen atoms in total. The molecule has 2 aromatic heterocycles. The molecule has 0 radical (unpaired) electrons. The van der Waals surface area contributed by atoms with Crippen LogP contribution in [0, 0.1) is 0 Å². The largest absolute Gasteiger partial charge is 0.312 e. The minimum absolute atomic E-state index is 0.0728. The van der Waals surface area contributed by atoms with E-state index in [-0.39, 0.29) is 5.43 Å². The molecule has 0 saturated heterocycles. The van der Waals surface area contributed by atoms with E-state index in [9.17, 15) is 4.79 Å². The van der Waals surface area contributed by atoms with Crippen molar-refractivity contribution in [2.24, 2.45) is 0 Å². The van der Waals surface area contributed by atoms with Gasteiger partial charge < -0.3 is 5.32 Å². The first kappa shape index (κ1) is 13.5. The van der Waals surface area contributed by atoms with Gasteiger partial charge in [-0.15, -0.1) is 0 Å². The molecule has 0 amide bonds. The highest BCUT2D eigenvalue weighted by molar-refractivity contribution is 6.30. The van der Waals surface area contributed by atoms with E-state index in [1.165, 1.54) is 0 Å². The third-order valence-corrected chi connectivity index (χ3v) is 4.28. The normalized spacial score (nSPS) is 14.0. The van der Waals surface area contributed by atoms with E-state index < -0.39 is 0 Å². The van der Waals surface area contributed by atoms with Gasteiger partial charge in [-0.2, -0.15) is 0 Å². The van der Waals surface area contributed by atoms with Crippen LogP contribution < -0.4 is 10.7 Å². The van der Waals surface area contributed by atoms with Gasteiger partial charge in [0.15, 0.2) is 5.43 Å². The van der Waals surface area contributed by atoms with Gasteiger partial charge in [-0.25, -0.2) is 4.98 Å². The molecule has 0 atom stereocenters. The lowest BCUT2D eigenvalue weighted by Gasteiger charge is -2.23. The Labute approximate surface area is 132 Å². The number of nitrogens with zero attached hydrogens (tertiary/aromatic N) is 2. The third kappa shape index (κ3) is 2.03. The number of hydrogen-bond donors (Lipinski definition) is 1. The van der Waals surface area contributed by atoms with Gasteiger partial charge in [-0.05, 0) is 30.3 Å². The van der Waals surface area contributed by atoms with Crippen molar-refractivity contribution in [3.8, 4) is 5.69 Å². The number of nitrogens with one attached hydrogen (secondary N) is 1.